The molecule has 19 heavy (non-hydrogen) atoms. The Hall–Kier alpha value is -1.51. The van der Waals surface area contributed by atoms with Gasteiger partial charge in [0.1, 0.15) is 0 Å². The summed E-state index contributed by atoms with van der Waals surface area (Å²) in [4.78, 5) is 11.9. The summed E-state index contributed by atoms with van der Waals surface area (Å²) in [5.41, 5.74) is 1.71. The van der Waals surface area contributed by atoms with Crippen molar-refractivity contribution in [1.82, 2.24) is 5.32 Å². The molecule has 0 spiro atoms. The fraction of sp³-hybridized carbons (Fsp3) is 0.562. The molecular weight excluding hydrogens is 238 g/mol. The lowest BCUT2D eigenvalue weighted by Gasteiger charge is -2.17. The van der Waals surface area contributed by atoms with E-state index < -0.39 is 0 Å². The number of hydrogen-bond donors (Lipinski definition) is 1. The quantitative estimate of drug-likeness (QED) is 0.413. The summed E-state index contributed by atoms with van der Waals surface area (Å²) in [5, 5.41) is 3.37. The minimum absolute atomic E-state index is 0.248. The average molecular weight is 265 g/mol. The van der Waals surface area contributed by atoms with Crippen LogP contribution in [0.5, 0.6) is 0 Å². The van der Waals surface area contributed by atoms with Crippen LogP contribution in [0.25, 0.3) is 0 Å². The second-order valence-corrected chi connectivity index (χ2v) is 4.63. The lowest BCUT2D eigenvalue weighted by atomic mass is 10.0. The van der Waals surface area contributed by atoms with Crippen molar-refractivity contribution < 1.29 is 9.53 Å². The van der Waals surface area contributed by atoms with Crippen LogP contribution >= 0.6 is 0 Å². The summed E-state index contributed by atoms with van der Waals surface area (Å²) in [7, 11) is 1.43. The summed E-state index contributed by atoms with van der Waals surface area (Å²) in [5.74, 6) is -0.248. The number of ether oxygens (including phenoxy) is 1. The number of hydrogen-bond acceptors (Lipinski definition) is 3. The Morgan fingerprint density at radius 1 is 1.21 bits per heavy atom. The minimum atomic E-state index is -0.248. The van der Waals surface area contributed by atoms with E-state index in [1.807, 2.05) is 32.1 Å². The van der Waals surface area contributed by atoms with Crippen LogP contribution in [0.15, 0.2) is 35.6 Å². The van der Waals surface area contributed by atoms with Crippen molar-refractivity contribution in [2.75, 3.05) is 7.11 Å². The molecule has 0 bridgehead atoms. The lowest BCUT2D eigenvalue weighted by molar-refractivity contribution is -0.136. The van der Waals surface area contributed by atoms with E-state index in [2.05, 4.69) is 25.2 Å². The molecule has 1 N–H and O–H groups in total. The summed E-state index contributed by atoms with van der Waals surface area (Å²) in [6.45, 7) is 8.09. The molecule has 0 radical (unpaired) electrons. The molecule has 0 rings (SSSR count). The Morgan fingerprint density at radius 2 is 1.84 bits per heavy atom. The van der Waals surface area contributed by atoms with Gasteiger partial charge in [-0.1, -0.05) is 24.3 Å². The Morgan fingerprint density at radius 3 is 2.32 bits per heavy atom. The van der Waals surface area contributed by atoms with Crippen molar-refractivity contribution in [3.05, 3.63) is 35.6 Å². The Labute approximate surface area is 117 Å². The van der Waals surface area contributed by atoms with Gasteiger partial charge in [0, 0.05) is 11.7 Å². The van der Waals surface area contributed by atoms with Gasteiger partial charge >= 0.3 is 5.97 Å². The van der Waals surface area contributed by atoms with Gasteiger partial charge in [-0.3, -0.25) is 0 Å². The molecule has 0 aromatic heterocycles. The van der Waals surface area contributed by atoms with Crippen LogP contribution in [0, 0.1) is 0 Å². The topological polar surface area (TPSA) is 38.3 Å². The van der Waals surface area contributed by atoms with Gasteiger partial charge in [-0.15, -0.1) is 0 Å². The van der Waals surface area contributed by atoms with E-state index in [9.17, 15) is 4.79 Å². The van der Waals surface area contributed by atoms with Crippen LogP contribution in [-0.4, -0.2) is 19.1 Å². The molecule has 0 fully saturated rings. The van der Waals surface area contributed by atoms with Crippen molar-refractivity contribution in [1.29, 1.82) is 0 Å². The number of esters is 1. The van der Waals surface area contributed by atoms with Gasteiger partial charge in [-0.05, 0) is 47.0 Å². The molecule has 0 aliphatic rings. The highest BCUT2D eigenvalue weighted by Gasteiger charge is 2.15. The molecule has 0 aromatic rings. The zero-order valence-electron chi connectivity index (χ0n) is 12.8. The van der Waals surface area contributed by atoms with E-state index in [0.29, 0.717) is 12.5 Å². The van der Waals surface area contributed by atoms with E-state index in [4.69, 9.17) is 4.74 Å². The Kier molecular flexibility index (Phi) is 9.59. The Bertz CT molecular complexity index is 352. The largest absolute Gasteiger partial charge is 0.466 e. The van der Waals surface area contributed by atoms with Crippen molar-refractivity contribution in [2.24, 2.45) is 0 Å². The van der Waals surface area contributed by atoms with Gasteiger partial charge in [-0.25, -0.2) is 4.79 Å². The maximum absolute atomic E-state index is 11.9. The number of carbonyl (C=O) groups excluding carboxylic acids is 1. The molecule has 3 nitrogen and oxygen atoms in total. The summed E-state index contributed by atoms with van der Waals surface area (Å²) < 4.78 is 4.89. The van der Waals surface area contributed by atoms with Crippen molar-refractivity contribution in [2.45, 2.75) is 53.0 Å². The maximum Gasteiger partial charge on any atom is 0.335 e. The first-order chi connectivity index (χ1) is 9.06. The third kappa shape index (κ3) is 7.50. The number of methoxy groups -OCH3 is 1. The predicted octanol–water partition coefficient (Wildman–Crippen LogP) is 3.73. The third-order valence-electron chi connectivity index (χ3n) is 2.61. The van der Waals surface area contributed by atoms with Crippen molar-refractivity contribution in [3.63, 3.8) is 0 Å². The first-order valence-electron chi connectivity index (χ1n) is 6.85. The Balaban J connectivity index is 5.20. The second kappa shape index (κ2) is 10.4. The van der Waals surface area contributed by atoms with Crippen LogP contribution in [-0.2, 0) is 9.53 Å². The number of nitrogens with one attached hydrogen (secondary N) is 1. The molecule has 0 saturated carbocycles. The van der Waals surface area contributed by atoms with Crippen LogP contribution in [0.1, 0.15) is 47.0 Å². The maximum atomic E-state index is 11.9. The second-order valence-electron chi connectivity index (χ2n) is 4.63. The van der Waals surface area contributed by atoms with E-state index in [0.717, 1.165) is 24.1 Å². The highest BCUT2D eigenvalue weighted by molar-refractivity contribution is 5.89. The SMILES string of the molecule is C/C=C/CC/C(NC(C)C)=C(/C/C=C/C)C(=O)OC. The fourth-order valence-electron chi connectivity index (χ4n) is 1.74. The molecule has 3 heteroatoms. The van der Waals surface area contributed by atoms with Crippen molar-refractivity contribution >= 4 is 5.97 Å². The summed E-state index contributed by atoms with van der Waals surface area (Å²) in [6.07, 6.45) is 10.4. The van der Waals surface area contributed by atoms with Crippen LogP contribution < -0.4 is 5.32 Å². The summed E-state index contributed by atoms with van der Waals surface area (Å²) >= 11 is 0. The van der Waals surface area contributed by atoms with Gasteiger partial charge in [0.25, 0.3) is 0 Å². The molecule has 0 aromatic carbocycles. The van der Waals surface area contributed by atoms with Gasteiger partial charge in [0.2, 0.25) is 0 Å². The molecule has 0 heterocycles. The highest BCUT2D eigenvalue weighted by atomic mass is 16.5. The zero-order valence-corrected chi connectivity index (χ0v) is 12.8. The van der Waals surface area contributed by atoms with Gasteiger partial charge in [-0.2, -0.15) is 0 Å². The monoisotopic (exact) mass is 265 g/mol. The molecule has 0 unspecified atom stereocenters. The van der Waals surface area contributed by atoms with E-state index in [1.165, 1.54) is 7.11 Å². The van der Waals surface area contributed by atoms with Gasteiger partial charge in [0.05, 0.1) is 12.7 Å². The number of allylic oxidation sites excluding steroid dienone is 5. The van der Waals surface area contributed by atoms with E-state index >= 15 is 0 Å². The van der Waals surface area contributed by atoms with Crippen molar-refractivity contribution in [3.8, 4) is 0 Å². The predicted molar refractivity (Wildman–Crippen MR) is 80.8 cm³/mol. The lowest BCUT2D eigenvalue weighted by Crippen LogP contribution is -2.25. The van der Waals surface area contributed by atoms with Gasteiger partial charge < -0.3 is 10.1 Å². The zero-order chi connectivity index (χ0) is 14.7. The smallest absolute Gasteiger partial charge is 0.335 e. The van der Waals surface area contributed by atoms with E-state index in [1.54, 1.807) is 0 Å². The average Bonchev–Trinajstić information content (AvgIpc) is 2.38. The van der Waals surface area contributed by atoms with Crippen LogP contribution in [0.3, 0.4) is 0 Å². The highest BCUT2D eigenvalue weighted by Crippen LogP contribution is 2.16. The molecule has 0 amide bonds. The standard InChI is InChI=1S/C16H27NO2/c1-6-8-10-12-15(17-13(3)4)14(11-9-7-2)16(18)19-5/h6-9,13,17H,10-12H2,1-5H3/b8-6+,9-7+,15-14+. The molecule has 0 atom stereocenters. The first-order valence-corrected chi connectivity index (χ1v) is 6.85. The van der Waals surface area contributed by atoms with Crippen LogP contribution in [0.2, 0.25) is 0 Å². The normalized spacial score (nSPS) is 13.2. The molecule has 108 valence electrons. The number of rotatable bonds is 8. The number of carbonyl (C=O) groups is 1. The first kappa shape index (κ1) is 17.5. The van der Waals surface area contributed by atoms with E-state index in [-0.39, 0.29) is 5.97 Å². The molecule has 0 aliphatic heterocycles. The fourth-order valence-corrected chi connectivity index (χ4v) is 1.74. The third-order valence-corrected chi connectivity index (χ3v) is 2.61. The van der Waals surface area contributed by atoms with Gasteiger partial charge in [0.15, 0.2) is 0 Å². The molecular formula is C16H27NO2. The summed E-state index contributed by atoms with van der Waals surface area (Å²) in [6, 6.07) is 0.297. The minimum Gasteiger partial charge on any atom is -0.466 e. The molecule has 0 saturated heterocycles. The molecule has 0 aliphatic carbocycles. The van der Waals surface area contributed by atoms with Crippen LogP contribution in [0.4, 0.5) is 0 Å².